The highest BCUT2D eigenvalue weighted by molar-refractivity contribution is 9.10. The molecule has 20 heavy (non-hydrogen) atoms. The molecule has 0 saturated heterocycles. The maximum atomic E-state index is 14.4. The van der Waals surface area contributed by atoms with E-state index in [4.69, 9.17) is 11.0 Å². The first-order valence-corrected chi connectivity index (χ1v) is 7.27. The van der Waals surface area contributed by atoms with Gasteiger partial charge in [0.2, 0.25) is 5.91 Å². The minimum Gasteiger partial charge on any atom is -0.368 e. The highest BCUT2D eigenvalue weighted by Gasteiger charge is 2.27. The molecule has 0 unspecified atom stereocenters. The van der Waals surface area contributed by atoms with E-state index in [9.17, 15) is 9.18 Å². The van der Waals surface area contributed by atoms with Crippen molar-refractivity contribution in [2.45, 2.75) is 31.7 Å². The molecule has 4 nitrogen and oxygen atoms in total. The van der Waals surface area contributed by atoms with Crippen LogP contribution in [-0.2, 0) is 4.79 Å². The Labute approximate surface area is 125 Å². The van der Waals surface area contributed by atoms with Crippen LogP contribution in [0.5, 0.6) is 0 Å². The number of amides is 1. The van der Waals surface area contributed by atoms with E-state index in [2.05, 4.69) is 15.9 Å². The minimum absolute atomic E-state index is 0.0140. The molecule has 0 aliphatic heterocycles. The number of hydrogen-bond acceptors (Lipinski definition) is 3. The highest BCUT2D eigenvalue weighted by atomic mass is 79.9. The SMILES string of the molecule is N#Cc1ccc(N(CC(N)=O)C2CCCC2)c(F)c1Br. The molecule has 0 bridgehead atoms. The molecule has 0 spiro atoms. The van der Waals surface area contributed by atoms with Gasteiger partial charge in [0.25, 0.3) is 0 Å². The molecular formula is C14H15BrFN3O. The first-order chi connectivity index (χ1) is 9.54. The number of anilines is 1. The molecule has 0 aromatic heterocycles. The van der Waals surface area contributed by atoms with Crippen LogP contribution in [0.25, 0.3) is 0 Å². The van der Waals surface area contributed by atoms with Crippen molar-refractivity contribution in [3.63, 3.8) is 0 Å². The standard InChI is InChI=1S/C14H15BrFN3O/c15-13-9(7-17)5-6-11(14(13)16)19(8-12(18)20)10-3-1-2-4-10/h5-6,10H,1-4,8H2,(H2,18,20). The summed E-state index contributed by atoms with van der Waals surface area (Å²) >= 11 is 3.09. The fraction of sp³-hybridized carbons (Fsp3) is 0.429. The zero-order valence-corrected chi connectivity index (χ0v) is 12.5. The Balaban J connectivity index is 2.40. The van der Waals surface area contributed by atoms with Gasteiger partial charge in [0.1, 0.15) is 6.07 Å². The number of nitrogens with zero attached hydrogens (tertiary/aromatic N) is 2. The molecule has 1 saturated carbocycles. The Bertz CT molecular complexity index is 564. The summed E-state index contributed by atoms with van der Waals surface area (Å²) in [7, 11) is 0. The fourth-order valence-electron chi connectivity index (χ4n) is 2.64. The van der Waals surface area contributed by atoms with Gasteiger partial charge in [-0.15, -0.1) is 0 Å². The van der Waals surface area contributed by atoms with Crippen LogP contribution < -0.4 is 10.6 Å². The van der Waals surface area contributed by atoms with Gasteiger partial charge in [0, 0.05) is 6.04 Å². The molecule has 0 radical (unpaired) electrons. The third-order valence-electron chi connectivity index (χ3n) is 3.58. The third kappa shape index (κ3) is 2.93. The number of hydrogen-bond donors (Lipinski definition) is 1. The van der Waals surface area contributed by atoms with Crippen LogP contribution in [0.15, 0.2) is 16.6 Å². The Morgan fingerprint density at radius 1 is 1.50 bits per heavy atom. The molecule has 1 aromatic carbocycles. The van der Waals surface area contributed by atoms with Crippen LogP contribution in [0.3, 0.4) is 0 Å². The van der Waals surface area contributed by atoms with E-state index in [1.54, 1.807) is 17.0 Å². The van der Waals surface area contributed by atoms with Gasteiger partial charge >= 0.3 is 0 Å². The van der Waals surface area contributed by atoms with E-state index in [-0.39, 0.29) is 22.6 Å². The molecule has 106 valence electrons. The molecule has 2 N–H and O–H groups in total. The topological polar surface area (TPSA) is 70.1 Å². The zero-order chi connectivity index (χ0) is 14.7. The second-order valence-electron chi connectivity index (χ2n) is 4.90. The minimum atomic E-state index is -0.516. The van der Waals surface area contributed by atoms with E-state index in [1.165, 1.54) is 0 Å². The third-order valence-corrected chi connectivity index (χ3v) is 4.36. The normalized spacial score (nSPS) is 15.1. The second kappa shape index (κ2) is 6.23. The first-order valence-electron chi connectivity index (χ1n) is 6.47. The predicted octanol–water partition coefficient (Wildman–Crippen LogP) is 2.69. The average molecular weight is 340 g/mol. The number of rotatable bonds is 4. The molecule has 6 heteroatoms. The van der Waals surface area contributed by atoms with Crippen LogP contribution in [0, 0.1) is 17.1 Å². The summed E-state index contributed by atoms with van der Waals surface area (Å²) in [6, 6.07) is 5.13. The first kappa shape index (κ1) is 14.8. The number of primary amides is 1. The van der Waals surface area contributed by atoms with Crippen LogP contribution >= 0.6 is 15.9 Å². The number of nitrogens with two attached hydrogens (primary N) is 1. The summed E-state index contributed by atoms with van der Waals surface area (Å²) in [5.41, 5.74) is 5.83. The fourth-order valence-corrected chi connectivity index (χ4v) is 3.07. The summed E-state index contributed by atoms with van der Waals surface area (Å²) < 4.78 is 14.5. The molecule has 1 aliphatic rings. The lowest BCUT2D eigenvalue weighted by Gasteiger charge is -2.30. The average Bonchev–Trinajstić information content (AvgIpc) is 2.93. The van der Waals surface area contributed by atoms with Crippen molar-refractivity contribution in [3.05, 3.63) is 28.0 Å². The monoisotopic (exact) mass is 339 g/mol. The molecule has 1 aliphatic carbocycles. The van der Waals surface area contributed by atoms with Crippen molar-refractivity contribution in [2.24, 2.45) is 5.73 Å². The largest absolute Gasteiger partial charge is 0.368 e. The van der Waals surface area contributed by atoms with Gasteiger partial charge < -0.3 is 10.6 Å². The molecule has 0 atom stereocenters. The van der Waals surface area contributed by atoms with Gasteiger partial charge in [0.05, 0.1) is 22.3 Å². The Kier molecular flexibility index (Phi) is 4.61. The van der Waals surface area contributed by atoms with E-state index < -0.39 is 11.7 Å². The van der Waals surface area contributed by atoms with Gasteiger partial charge in [-0.3, -0.25) is 4.79 Å². The Hall–Kier alpha value is -1.61. The Morgan fingerprint density at radius 3 is 2.70 bits per heavy atom. The second-order valence-corrected chi connectivity index (χ2v) is 5.70. The number of carbonyl (C=O) groups excluding carboxylic acids is 1. The molecular weight excluding hydrogens is 325 g/mol. The molecule has 1 fully saturated rings. The summed E-state index contributed by atoms with van der Waals surface area (Å²) in [4.78, 5) is 13.0. The van der Waals surface area contributed by atoms with E-state index in [1.807, 2.05) is 6.07 Å². The molecule has 2 rings (SSSR count). The van der Waals surface area contributed by atoms with Crippen LogP contribution in [0.1, 0.15) is 31.2 Å². The molecule has 0 heterocycles. The van der Waals surface area contributed by atoms with Crippen molar-refractivity contribution >= 4 is 27.5 Å². The van der Waals surface area contributed by atoms with Crippen LogP contribution in [0.4, 0.5) is 10.1 Å². The summed E-state index contributed by atoms with van der Waals surface area (Å²) in [5, 5.41) is 8.89. The quantitative estimate of drug-likeness (QED) is 0.916. The van der Waals surface area contributed by atoms with Gasteiger partial charge in [-0.2, -0.15) is 5.26 Å². The van der Waals surface area contributed by atoms with Crippen LogP contribution in [-0.4, -0.2) is 18.5 Å². The molecule has 1 amide bonds. The summed E-state index contributed by atoms with van der Waals surface area (Å²) in [5.74, 6) is -1.01. The maximum absolute atomic E-state index is 14.4. The van der Waals surface area contributed by atoms with Crippen molar-refractivity contribution in [1.29, 1.82) is 5.26 Å². The summed E-state index contributed by atoms with van der Waals surface area (Å²) in [6.07, 6.45) is 3.98. The smallest absolute Gasteiger partial charge is 0.236 e. The van der Waals surface area contributed by atoms with Crippen molar-refractivity contribution < 1.29 is 9.18 Å². The predicted molar refractivity (Wildman–Crippen MR) is 77.6 cm³/mol. The van der Waals surface area contributed by atoms with E-state index in [0.717, 1.165) is 25.7 Å². The van der Waals surface area contributed by atoms with Crippen molar-refractivity contribution in [3.8, 4) is 6.07 Å². The van der Waals surface area contributed by atoms with Gasteiger partial charge in [-0.1, -0.05) is 12.8 Å². The van der Waals surface area contributed by atoms with Crippen molar-refractivity contribution in [2.75, 3.05) is 11.4 Å². The lowest BCUT2D eigenvalue weighted by Crippen LogP contribution is -2.40. The number of benzene rings is 1. The number of carbonyl (C=O) groups is 1. The lowest BCUT2D eigenvalue weighted by molar-refractivity contribution is -0.116. The highest BCUT2D eigenvalue weighted by Crippen LogP contribution is 2.33. The Morgan fingerprint density at radius 2 is 2.15 bits per heavy atom. The molecule has 1 aromatic rings. The summed E-state index contributed by atoms with van der Waals surface area (Å²) in [6.45, 7) is -0.0140. The van der Waals surface area contributed by atoms with Gasteiger partial charge in [-0.05, 0) is 40.9 Å². The van der Waals surface area contributed by atoms with Crippen LogP contribution in [0.2, 0.25) is 0 Å². The zero-order valence-electron chi connectivity index (χ0n) is 10.9. The van der Waals surface area contributed by atoms with E-state index >= 15 is 0 Å². The number of nitriles is 1. The number of halogens is 2. The van der Waals surface area contributed by atoms with Gasteiger partial charge in [-0.25, -0.2) is 4.39 Å². The maximum Gasteiger partial charge on any atom is 0.236 e. The van der Waals surface area contributed by atoms with E-state index in [0.29, 0.717) is 5.69 Å². The van der Waals surface area contributed by atoms with Crippen molar-refractivity contribution in [1.82, 2.24) is 0 Å². The lowest BCUT2D eigenvalue weighted by atomic mass is 10.1. The van der Waals surface area contributed by atoms with Gasteiger partial charge in [0.15, 0.2) is 5.82 Å².